The number of amides is 1. The van der Waals surface area contributed by atoms with Crippen molar-refractivity contribution in [1.29, 1.82) is 0 Å². The highest BCUT2D eigenvalue weighted by molar-refractivity contribution is 7.84. The maximum Gasteiger partial charge on any atom is 0.230 e. The highest BCUT2D eigenvalue weighted by Gasteiger charge is 2.10. The fraction of sp³-hybridized carbons (Fsp3) is 0.133. The van der Waals surface area contributed by atoms with Gasteiger partial charge in [0.05, 0.1) is 5.75 Å². The van der Waals surface area contributed by atoms with E-state index < -0.39 is 16.7 Å². The molecular weight excluding hydrogens is 290 g/mol. The Morgan fingerprint density at radius 2 is 1.81 bits per heavy atom. The number of ether oxygens (including phenoxy) is 1. The topological polar surface area (TPSA) is 89.6 Å². The molecule has 1 atom stereocenters. The maximum atomic E-state index is 11.8. The van der Waals surface area contributed by atoms with Gasteiger partial charge in [0.25, 0.3) is 0 Å². The van der Waals surface area contributed by atoms with Crippen LogP contribution in [-0.4, -0.2) is 21.0 Å². The summed E-state index contributed by atoms with van der Waals surface area (Å²) in [7, 11) is -1.37. The van der Waals surface area contributed by atoms with Gasteiger partial charge in [-0.25, -0.2) is 0 Å². The lowest BCUT2D eigenvalue weighted by atomic mass is 10.2. The lowest BCUT2D eigenvalue weighted by molar-refractivity contribution is -0.115. The van der Waals surface area contributed by atoms with Gasteiger partial charge < -0.3 is 15.6 Å². The van der Waals surface area contributed by atoms with Crippen LogP contribution in [0.1, 0.15) is 5.56 Å². The Morgan fingerprint density at radius 1 is 1.14 bits per heavy atom. The summed E-state index contributed by atoms with van der Waals surface area (Å²) < 4.78 is 17.5. The number of nitrogens with two attached hydrogens (primary N) is 1. The van der Waals surface area contributed by atoms with Gasteiger partial charge in [0, 0.05) is 16.4 Å². The minimum Gasteiger partial charge on any atom is -0.508 e. The smallest absolute Gasteiger partial charge is 0.230 e. The molecule has 0 saturated carbocycles. The molecule has 0 unspecified atom stereocenters. The van der Waals surface area contributed by atoms with Gasteiger partial charge in [0.1, 0.15) is 23.0 Å². The van der Waals surface area contributed by atoms with Crippen molar-refractivity contribution in [3.63, 3.8) is 0 Å². The number of carbonyl (C=O) groups excluding carboxylic acids is 1. The van der Waals surface area contributed by atoms with Gasteiger partial charge in [-0.05, 0) is 30.3 Å². The predicted molar refractivity (Wildman–Crippen MR) is 80.5 cm³/mol. The zero-order chi connectivity index (χ0) is 15.2. The highest BCUT2D eigenvalue weighted by atomic mass is 32.2. The van der Waals surface area contributed by atoms with Crippen LogP contribution >= 0.6 is 0 Å². The van der Waals surface area contributed by atoms with Crippen molar-refractivity contribution >= 4 is 16.7 Å². The molecule has 0 heterocycles. The first kappa shape index (κ1) is 15.1. The molecule has 0 aliphatic rings. The number of hydrogen-bond donors (Lipinski definition) is 2. The largest absolute Gasteiger partial charge is 0.508 e. The maximum absolute atomic E-state index is 11.8. The summed E-state index contributed by atoms with van der Waals surface area (Å²) in [6, 6.07) is 13.4. The van der Waals surface area contributed by atoms with Crippen LogP contribution in [0.3, 0.4) is 0 Å². The molecule has 0 bridgehead atoms. The van der Waals surface area contributed by atoms with Crippen molar-refractivity contribution in [3.8, 4) is 17.2 Å². The molecule has 0 aliphatic carbocycles. The number of para-hydroxylation sites is 1. The van der Waals surface area contributed by atoms with E-state index in [2.05, 4.69) is 0 Å². The molecule has 21 heavy (non-hydrogen) atoms. The minimum absolute atomic E-state index is 0.151. The molecule has 0 aromatic heterocycles. The molecule has 0 aliphatic heterocycles. The Labute approximate surface area is 124 Å². The van der Waals surface area contributed by atoms with E-state index >= 15 is 0 Å². The Kier molecular flexibility index (Phi) is 4.94. The fourth-order valence-corrected chi connectivity index (χ4v) is 2.75. The Bertz CT molecular complexity index is 655. The van der Waals surface area contributed by atoms with E-state index in [-0.39, 0.29) is 17.3 Å². The first-order chi connectivity index (χ1) is 10.0. The summed E-state index contributed by atoms with van der Waals surface area (Å²) in [5, 5.41) is 9.24. The van der Waals surface area contributed by atoms with Crippen molar-refractivity contribution in [1.82, 2.24) is 0 Å². The van der Waals surface area contributed by atoms with E-state index in [0.29, 0.717) is 11.5 Å². The number of rotatable bonds is 6. The third-order valence-corrected chi connectivity index (χ3v) is 3.90. The number of benzene rings is 2. The number of aromatic hydroxyl groups is 1. The van der Waals surface area contributed by atoms with E-state index in [0.717, 1.165) is 5.56 Å². The minimum atomic E-state index is -1.37. The van der Waals surface area contributed by atoms with Gasteiger partial charge in [0.15, 0.2) is 0 Å². The molecule has 6 heteroatoms. The van der Waals surface area contributed by atoms with Crippen LogP contribution in [0.15, 0.2) is 48.5 Å². The van der Waals surface area contributed by atoms with Gasteiger partial charge in [-0.15, -0.1) is 0 Å². The molecular formula is C15H15NO4S. The second-order valence-electron chi connectivity index (χ2n) is 4.40. The van der Waals surface area contributed by atoms with Crippen LogP contribution in [0.2, 0.25) is 0 Å². The molecule has 0 fully saturated rings. The lowest BCUT2D eigenvalue weighted by Gasteiger charge is -2.10. The zero-order valence-corrected chi connectivity index (χ0v) is 12.0. The summed E-state index contributed by atoms with van der Waals surface area (Å²) in [6.07, 6.45) is 0. The molecule has 0 saturated heterocycles. The molecule has 1 amide bonds. The Balaban J connectivity index is 2.14. The molecule has 3 N–H and O–H groups in total. The number of primary amides is 1. The average Bonchev–Trinajstić information content (AvgIpc) is 2.42. The van der Waals surface area contributed by atoms with Crippen molar-refractivity contribution < 1.29 is 18.8 Å². The monoisotopic (exact) mass is 305 g/mol. The second-order valence-corrected chi connectivity index (χ2v) is 5.86. The highest BCUT2D eigenvalue weighted by Crippen LogP contribution is 2.27. The number of phenolic OH excluding ortho intramolecular Hbond substituents is 1. The van der Waals surface area contributed by atoms with Gasteiger partial charge in [-0.1, -0.05) is 18.2 Å². The molecule has 0 radical (unpaired) electrons. The molecule has 0 spiro atoms. The quantitative estimate of drug-likeness (QED) is 0.853. The van der Waals surface area contributed by atoms with Gasteiger partial charge >= 0.3 is 0 Å². The molecule has 2 aromatic carbocycles. The Morgan fingerprint density at radius 3 is 2.48 bits per heavy atom. The van der Waals surface area contributed by atoms with E-state index in [4.69, 9.17) is 10.5 Å². The summed E-state index contributed by atoms with van der Waals surface area (Å²) in [5.74, 6) is 0.690. The first-order valence-corrected chi connectivity index (χ1v) is 7.71. The molecule has 2 rings (SSSR count). The van der Waals surface area contributed by atoms with Crippen LogP contribution < -0.4 is 10.5 Å². The van der Waals surface area contributed by atoms with Crippen molar-refractivity contribution in [2.75, 3.05) is 5.75 Å². The number of phenols is 1. The van der Waals surface area contributed by atoms with E-state index in [1.165, 1.54) is 12.1 Å². The third kappa shape index (κ3) is 4.61. The normalized spacial score (nSPS) is 11.8. The van der Waals surface area contributed by atoms with Crippen LogP contribution in [0, 0.1) is 0 Å². The summed E-state index contributed by atoms with van der Waals surface area (Å²) in [4.78, 5) is 10.8. The van der Waals surface area contributed by atoms with E-state index in [1.807, 2.05) is 0 Å². The summed E-state index contributed by atoms with van der Waals surface area (Å²) in [6.45, 7) is 0. The second kappa shape index (κ2) is 6.90. The molecule has 5 nitrogen and oxygen atoms in total. The van der Waals surface area contributed by atoms with Crippen LogP contribution in [0.25, 0.3) is 0 Å². The van der Waals surface area contributed by atoms with E-state index in [1.54, 1.807) is 36.4 Å². The van der Waals surface area contributed by atoms with Crippen LogP contribution in [0.4, 0.5) is 0 Å². The lowest BCUT2D eigenvalue weighted by Crippen LogP contribution is -2.20. The third-order valence-electron chi connectivity index (χ3n) is 2.66. The van der Waals surface area contributed by atoms with Crippen molar-refractivity contribution in [3.05, 3.63) is 54.1 Å². The zero-order valence-electron chi connectivity index (χ0n) is 11.2. The molecule has 2 aromatic rings. The van der Waals surface area contributed by atoms with Crippen molar-refractivity contribution in [2.24, 2.45) is 5.73 Å². The van der Waals surface area contributed by atoms with Crippen LogP contribution in [-0.2, 0) is 21.3 Å². The Hall–Kier alpha value is -2.34. The number of hydrogen-bond acceptors (Lipinski definition) is 4. The SMILES string of the molecule is NC(=O)C[S@](=O)Cc1ccccc1Oc1ccc(O)cc1. The van der Waals surface area contributed by atoms with Gasteiger partial charge in [-0.3, -0.25) is 9.00 Å². The van der Waals surface area contributed by atoms with Gasteiger partial charge in [0.2, 0.25) is 5.91 Å². The first-order valence-electron chi connectivity index (χ1n) is 6.22. The average molecular weight is 305 g/mol. The summed E-state index contributed by atoms with van der Waals surface area (Å²) in [5.41, 5.74) is 5.76. The summed E-state index contributed by atoms with van der Waals surface area (Å²) >= 11 is 0. The van der Waals surface area contributed by atoms with Crippen molar-refractivity contribution in [2.45, 2.75) is 5.75 Å². The molecule has 110 valence electrons. The predicted octanol–water partition coefficient (Wildman–Crippen LogP) is 1.92. The van der Waals surface area contributed by atoms with Gasteiger partial charge in [-0.2, -0.15) is 0 Å². The van der Waals surface area contributed by atoms with Crippen LogP contribution in [0.5, 0.6) is 17.2 Å². The van der Waals surface area contributed by atoms with E-state index in [9.17, 15) is 14.1 Å². The fourth-order valence-electron chi connectivity index (χ4n) is 1.75. The number of carbonyl (C=O) groups is 1. The standard InChI is InChI=1S/C15H15NO4S/c16-15(18)10-21(19)9-11-3-1-2-4-14(11)20-13-7-5-12(17)6-8-13/h1-8,17H,9-10H2,(H2,16,18)/t21-/m1/s1.